The molecular formula is C47H80O12S. The van der Waals surface area contributed by atoms with Crippen molar-refractivity contribution in [1.82, 2.24) is 0 Å². The molecule has 12 nitrogen and oxygen atoms in total. The Bertz CT molecular complexity index is 1330. The SMILES string of the molecule is CC/C=C\C/C=C\C/C=C\C/C=C\C/C=C\CCCCCC(=O)OC(COCCCCCCCC/C=C\CCCCCC)COC1OC(CO)C(O)C(OS(=O)(=O)O)C1O. The maximum atomic E-state index is 12.8. The summed E-state index contributed by atoms with van der Waals surface area (Å²) in [4.78, 5) is 12.8. The summed E-state index contributed by atoms with van der Waals surface area (Å²) in [5.41, 5.74) is 0. The lowest BCUT2D eigenvalue weighted by atomic mass is 9.99. The lowest BCUT2D eigenvalue weighted by Gasteiger charge is -2.41. The molecule has 6 atom stereocenters. The molecule has 1 heterocycles. The van der Waals surface area contributed by atoms with E-state index in [0.29, 0.717) is 13.0 Å². The van der Waals surface area contributed by atoms with Crippen LogP contribution in [0.3, 0.4) is 0 Å². The number of unbranched alkanes of at least 4 members (excludes halogenated alkanes) is 13. The Kier molecular flexibility index (Phi) is 35.4. The van der Waals surface area contributed by atoms with Crippen LogP contribution in [0.4, 0.5) is 0 Å². The average molecular weight is 869 g/mol. The molecule has 4 N–H and O–H groups in total. The van der Waals surface area contributed by atoms with E-state index in [1.54, 1.807) is 0 Å². The Balaban J connectivity index is 2.47. The molecule has 1 fully saturated rings. The molecule has 1 rings (SSSR count). The Morgan fingerprint density at radius 3 is 1.70 bits per heavy atom. The van der Waals surface area contributed by atoms with Crippen molar-refractivity contribution in [1.29, 1.82) is 0 Å². The molecule has 0 radical (unpaired) electrons. The lowest BCUT2D eigenvalue weighted by molar-refractivity contribution is -0.301. The number of esters is 1. The second-order valence-corrected chi connectivity index (χ2v) is 16.3. The largest absolute Gasteiger partial charge is 0.457 e. The van der Waals surface area contributed by atoms with Crippen molar-refractivity contribution in [3.05, 3.63) is 72.9 Å². The lowest BCUT2D eigenvalue weighted by Crippen LogP contribution is -2.60. The van der Waals surface area contributed by atoms with E-state index in [1.165, 1.54) is 44.9 Å². The van der Waals surface area contributed by atoms with Crippen molar-refractivity contribution in [3.8, 4) is 0 Å². The first-order valence-corrected chi connectivity index (χ1v) is 24.1. The average Bonchev–Trinajstić information content (AvgIpc) is 3.22. The molecule has 1 aliphatic rings. The summed E-state index contributed by atoms with van der Waals surface area (Å²) < 4.78 is 59.0. The van der Waals surface area contributed by atoms with Crippen molar-refractivity contribution in [3.63, 3.8) is 0 Å². The fraction of sp³-hybridized carbons (Fsp3) is 0.723. The van der Waals surface area contributed by atoms with Crippen LogP contribution in [0.25, 0.3) is 0 Å². The summed E-state index contributed by atoms with van der Waals surface area (Å²) in [7, 11) is -5.07. The topological polar surface area (TPSA) is 178 Å². The van der Waals surface area contributed by atoms with Crippen LogP contribution in [0.1, 0.15) is 155 Å². The summed E-state index contributed by atoms with van der Waals surface area (Å²) in [5.74, 6) is -0.435. The second-order valence-electron chi connectivity index (χ2n) is 15.3. The maximum absolute atomic E-state index is 12.8. The number of ether oxygens (including phenoxy) is 4. The molecule has 0 bridgehead atoms. The highest BCUT2D eigenvalue weighted by molar-refractivity contribution is 7.80. The predicted octanol–water partition coefficient (Wildman–Crippen LogP) is 9.52. The molecule has 0 aromatic heterocycles. The van der Waals surface area contributed by atoms with Gasteiger partial charge in [-0.25, -0.2) is 4.18 Å². The Hall–Kier alpha value is -2.46. The van der Waals surface area contributed by atoms with Crippen LogP contribution < -0.4 is 0 Å². The number of allylic oxidation sites excluding steroid dienone is 12. The van der Waals surface area contributed by atoms with E-state index in [4.69, 9.17) is 23.5 Å². The van der Waals surface area contributed by atoms with E-state index < -0.39 is 59.8 Å². The minimum Gasteiger partial charge on any atom is -0.457 e. The predicted molar refractivity (Wildman–Crippen MR) is 239 cm³/mol. The highest BCUT2D eigenvalue weighted by atomic mass is 32.3. The van der Waals surface area contributed by atoms with Crippen LogP contribution in [-0.2, 0) is 38.3 Å². The van der Waals surface area contributed by atoms with Crippen molar-refractivity contribution in [2.75, 3.05) is 26.4 Å². The van der Waals surface area contributed by atoms with Gasteiger partial charge in [0, 0.05) is 13.0 Å². The number of carbonyl (C=O) groups is 1. The van der Waals surface area contributed by atoms with Gasteiger partial charge in [-0.05, 0) is 83.5 Å². The smallest absolute Gasteiger partial charge is 0.397 e. The van der Waals surface area contributed by atoms with E-state index in [2.05, 4.69) is 90.9 Å². The highest BCUT2D eigenvalue weighted by Gasteiger charge is 2.48. The number of carbonyl (C=O) groups excluding carboxylic acids is 1. The molecule has 0 saturated carbocycles. The highest BCUT2D eigenvalue weighted by Crippen LogP contribution is 2.26. The van der Waals surface area contributed by atoms with Crippen LogP contribution in [0.5, 0.6) is 0 Å². The number of aliphatic hydroxyl groups excluding tert-OH is 3. The third-order valence-corrected chi connectivity index (χ3v) is 10.3. The molecular weight excluding hydrogens is 789 g/mol. The van der Waals surface area contributed by atoms with Gasteiger partial charge in [-0.15, -0.1) is 0 Å². The fourth-order valence-electron chi connectivity index (χ4n) is 6.40. The Morgan fingerprint density at radius 1 is 0.650 bits per heavy atom. The summed E-state index contributed by atoms with van der Waals surface area (Å²) in [6.45, 7) is 3.79. The first-order valence-electron chi connectivity index (χ1n) is 22.7. The van der Waals surface area contributed by atoms with Gasteiger partial charge in [0.25, 0.3) is 0 Å². The standard InChI is InChI=1S/C47H80O12S/c1-3-5-7-9-11-13-15-17-19-20-21-22-23-24-26-28-30-32-34-36-43(49)57-41(39-55-37-35-33-31-29-27-25-18-16-14-12-10-8-6-4-2)40-56-47-45(51)46(59-60(52,53)54)44(50)42(38-48)58-47/h5,7,11,13-14,16-17,19,21-22,24,26,41-42,44-48,50-51H,3-4,6,8-10,12,15,18,20,23,25,27-40H2,1-2H3,(H,52,53,54)/b7-5-,13-11-,16-14-,19-17-,22-21-,26-24-. The van der Waals surface area contributed by atoms with Gasteiger partial charge in [-0.1, -0.05) is 138 Å². The van der Waals surface area contributed by atoms with E-state index >= 15 is 0 Å². The van der Waals surface area contributed by atoms with E-state index in [-0.39, 0.29) is 19.6 Å². The van der Waals surface area contributed by atoms with E-state index in [9.17, 15) is 28.5 Å². The Labute approximate surface area is 362 Å². The maximum Gasteiger partial charge on any atom is 0.397 e. The summed E-state index contributed by atoms with van der Waals surface area (Å²) in [6.07, 6.45) is 39.3. The van der Waals surface area contributed by atoms with Gasteiger partial charge >= 0.3 is 16.4 Å². The summed E-state index contributed by atoms with van der Waals surface area (Å²) >= 11 is 0. The van der Waals surface area contributed by atoms with Crippen LogP contribution in [0.15, 0.2) is 72.9 Å². The second kappa shape index (κ2) is 38.2. The zero-order chi connectivity index (χ0) is 43.9. The number of rotatable bonds is 38. The monoisotopic (exact) mass is 869 g/mol. The van der Waals surface area contributed by atoms with Crippen molar-refractivity contribution in [2.45, 2.75) is 192 Å². The van der Waals surface area contributed by atoms with Crippen molar-refractivity contribution < 1.29 is 56.2 Å². The van der Waals surface area contributed by atoms with Gasteiger partial charge < -0.3 is 34.3 Å². The first kappa shape index (κ1) is 55.6. The van der Waals surface area contributed by atoms with Gasteiger partial charge in [0.15, 0.2) is 6.29 Å². The third-order valence-electron chi connectivity index (χ3n) is 9.81. The zero-order valence-electron chi connectivity index (χ0n) is 36.7. The summed E-state index contributed by atoms with van der Waals surface area (Å²) in [5, 5.41) is 30.7. The molecule has 1 aliphatic heterocycles. The van der Waals surface area contributed by atoms with Gasteiger partial charge in [0.1, 0.15) is 30.5 Å². The van der Waals surface area contributed by atoms with Gasteiger partial charge in [0.2, 0.25) is 0 Å². The molecule has 0 spiro atoms. The molecule has 13 heteroatoms. The van der Waals surface area contributed by atoms with Gasteiger partial charge in [-0.3, -0.25) is 9.35 Å². The van der Waals surface area contributed by atoms with Crippen LogP contribution >= 0.6 is 0 Å². The molecule has 6 unspecified atom stereocenters. The van der Waals surface area contributed by atoms with Crippen LogP contribution in [-0.4, -0.2) is 97.5 Å². The number of aliphatic hydroxyl groups is 3. The number of hydrogen-bond acceptors (Lipinski definition) is 11. The molecule has 0 amide bonds. The quantitative estimate of drug-likeness (QED) is 0.0200. The van der Waals surface area contributed by atoms with Crippen molar-refractivity contribution in [2.24, 2.45) is 0 Å². The van der Waals surface area contributed by atoms with Crippen molar-refractivity contribution >= 4 is 16.4 Å². The fourth-order valence-corrected chi connectivity index (χ4v) is 6.91. The van der Waals surface area contributed by atoms with Gasteiger partial charge in [-0.2, -0.15) is 8.42 Å². The summed E-state index contributed by atoms with van der Waals surface area (Å²) in [6, 6.07) is 0. The minimum absolute atomic E-state index is 0.0143. The minimum atomic E-state index is -5.07. The molecule has 0 aromatic carbocycles. The number of hydrogen-bond donors (Lipinski definition) is 4. The van der Waals surface area contributed by atoms with E-state index in [1.807, 2.05) is 0 Å². The third kappa shape index (κ3) is 31.4. The molecule has 1 saturated heterocycles. The first-order chi connectivity index (χ1) is 29.1. The van der Waals surface area contributed by atoms with E-state index in [0.717, 1.165) is 83.5 Å². The van der Waals surface area contributed by atoms with Crippen LogP contribution in [0.2, 0.25) is 0 Å². The molecule has 0 aliphatic carbocycles. The Morgan fingerprint density at radius 2 is 1.15 bits per heavy atom. The van der Waals surface area contributed by atoms with Crippen LogP contribution in [0, 0.1) is 0 Å². The molecule has 0 aromatic rings. The molecule has 346 valence electrons. The molecule has 60 heavy (non-hydrogen) atoms. The van der Waals surface area contributed by atoms with Gasteiger partial charge in [0.05, 0.1) is 19.8 Å². The zero-order valence-corrected chi connectivity index (χ0v) is 37.6. The normalized spacial score (nSPS) is 20.9.